The lowest BCUT2D eigenvalue weighted by Gasteiger charge is -2.06. The Hall–Kier alpha value is -1.85. The molecule has 0 spiro atoms. The van der Waals surface area contributed by atoms with Crippen LogP contribution in [-0.2, 0) is 4.79 Å². The first kappa shape index (κ1) is 15.2. The molecular weight excluding hydrogens is 246 g/mol. The van der Waals surface area contributed by atoms with Crippen LogP contribution in [0.4, 0.5) is 0 Å². The third kappa shape index (κ3) is 6.03. The van der Waals surface area contributed by atoms with Crippen LogP contribution in [0.25, 0.3) is 6.08 Å². The van der Waals surface area contributed by atoms with Crippen molar-refractivity contribution in [3.05, 3.63) is 35.9 Å². The first-order valence-electron chi connectivity index (χ1n) is 6.13. The molecule has 0 aromatic heterocycles. The summed E-state index contributed by atoms with van der Waals surface area (Å²) in [5, 5.41) is 20.1. The standard InChI is InChI=1S/C14H19NO4/c1-2-19-13-6-3-11(4-7-13)5-8-14(18)15-9-12(17)10-16/h3-8,12,16-17H,2,9-10H2,1H3,(H,15,18). The third-order valence-corrected chi connectivity index (χ3v) is 2.34. The van der Waals surface area contributed by atoms with Crippen LogP contribution in [0.1, 0.15) is 12.5 Å². The van der Waals surface area contributed by atoms with Crippen molar-refractivity contribution >= 4 is 12.0 Å². The molecule has 1 atom stereocenters. The highest BCUT2D eigenvalue weighted by Gasteiger charge is 2.02. The lowest BCUT2D eigenvalue weighted by molar-refractivity contribution is -0.117. The Balaban J connectivity index is 2.44. The Kier molecular flexibility index (Phi) is 6.63. The maximum Gasteiger partial charge on any atom is 0.244 e. The second-order valence-electron chi connectivity index (χ2n) is 3.92. The monoisotopic (exact) mass is 265 g/mol. The lowest BCUT2D eigenvalue weighted by Crippen LogP contribution is -2.32. The van der Waals surface area contributed by atoms with Gasteiger partial charge >= 0.3 is 0 Å². The minimum Gasteiger partial charge on any atom is -0.494 e. The van der Waals surface area contributed by atoms with Crippen LogP contribution in [-0.4, -0.2) is 42.0 Å². The van der Waals surface area contributed by atoms with Gasteiger partial charge in [0.1, 0.15) is 5.75 Å². The van der Waals surface area contributed by atoms with Gasteiger partial charge < -0.3 is 20.3 Å². The molecule has 1 aromatic rings. The highest BCUT2D eigenvalue weighted by atomic mass is 16.5. The fraction of sp³-hybridized carbons (Fsp3) is 0.357. The van der Waals surface area contributed by atoms with E-state index in [1.54, 1.807) is 6.08 Å². The Labute approximate surface area is 112 Å². The van der Waals surface area contributed by atoms with Crippen LogP contribution in [0.2, 0.25) is 0 Å². The molecule has 0 aliphatic rings. The van der Waals surface area contributed by atoms with Crippen molar-refractivity contribution in [3.8, 4) is 5.75 Å². The average molecular weight is 265 g/mol. The number of aliphatic hydroxyl groups excluding tert-OH is 2. The van der Waals surface area contributed by atoms with Crippen LogP contribution in [0, 0.1) is 0 Å². The maximum atomic E-state index is 11.4. The van der Waals surface area contributed by atoms with Gasteiger partial charge in [0.2, 0.25) is 5.91 Å². The van der Waals surface area contributed by atoms with Gasteiger partial charge in [0.15, 0.2) is 0 Å². The average Bonchev–Trinajstić information content (AvgIpc) is 2.44. The molecule has 5 heteroatoms. The molecule has 1 unspecified atom stereocenters. The van der Waals surface area contributed by atoms with Crippen molar-refractivity contribution in [2.24, 2.45) is 0 Å². The van der Waals surface area contributed by atoms with Crippen molar-refractivity contribution in [2.75, 3.05) is 19.8 Å². The second-order valence-corrected chi connectivity index (χ2v) is 3.92. The Bertz CT molecular complexity index is 414. The Morgan fingerprint density at radius 1 is 1.42 bits per heavy atom. The molecule has 0 aliphatic heterocycles. The van der Waals surface area contributed by atoms with E-state index in [0.29, 0.717) is 6.61 Å². The molecule has 0 saturated heterocycles. The molecule has 0 fully saturated rings. The zero-order valence-electron chi connectivity index (χ0n) is 10.9. The van der Waals surface area contributed by atoms with Crippen LogP contribution in [0.5, 0.6) is 5.75 Å². The van der Waals surface area contributed by atoms with E-state index in [1.165, 1.54) is 6.08 Å². The number of carbonyl (C=O) groups excluding carboxylic acids is 1. The number of hydrogen-bond donors (Lipinski definition) is 3. The van der Waals surface area contributed by atoms with Crippen LogP contribution in [0.15, 0.2) is 30.3 Å². The van der Waals surface area contributed by atoms with Gasteiger partial charge in [-0.05, 0) is 30.7 Å². The second kappa shape index (κ2) is 8.29. The van der Waals surface area contributed by atoms with Gasteiger partial charge in [-0.1, -0.05) is 12.1 Å². The van der Waals surface area contributed by atoms with Crippen molar-refractivity contribution in [1.82, 2.24) is 5.32 Å². The molecule has 0 aliphatic carbocycles. The van der Waals surface area contributed by atoms with E-state index < -0.39 is 6.10 Å². The molecule has 1 aromatic carbocycles. The fourth-order valence-electron chi connectivity index (χ4n) is 1.36. The SMILES string of the molecule is CCOc1ccc(C=CC(=O)NCC(O)CO)cc1. The predicted octanol–water partition coefficient (Wildman–Crippen LogP) is 0.568. The van der Waals surface area contributed by atoms with Gasteiger partial charge in [-0.2, -0.15) is 0 Å². The normalized spacial score (nSPS) is 12.4. The van der Waals surface area contributed by atoms with E-state index in [0.717, 1.165) is 11.3 Å². The van der Waals surface area contributed by atoms with Gasteiger partial charge in [-0.3, -0.25) is 4.79 Å². The van der Waals surface area contributed by atoms with Gasteiger partial charge in [0.05, 0.1) is 19.3 Å². The molecule has 5 nitrogen and oxygen atoms in total. The highest BCUT2D eigenvalue weighted by molar-refractivity contribution is 5.91. The van der Waals surface area contributed by atoms with Gasteiger partial charge in [0, 0.05) is 12.6 Å². The summed E-state index contributed by atoms with van der Waals surface area (Å²) < 4.78 is 5.31. The van der Waals surface area contributed by atoms with Gasteiger partial charge in [0.25, 0.3) is 0 Å². The lowest BCUT2D eigenvalue weighted by atomic mass is 10.2. The summed E-state index contributed by atoms with van der Waals surface area (Å²) in [5.74, 6) is 0.469. The molecule has 19 heavy (non-hydrogen) atoms. The third-order valence-electron chi connectivity index (χ3n) is 2.34. The number of carbonyl (C=O) groups is 1. The Morgan fingerprint density at radius 2 is 2.11 bits per heavy atom. The molecule has 0 saturated carbocycles. The van der Waals surface area contributed by atoms with Gasteiger partial charge in [-0.25, -0.2) is 0 Å². The first-order valence-corrected chi connectivity index (χ1v) is 6.13. The molecule has 1 amide bonds. The molecule has 0 heterocycles. The van der Waals surface area contributed by atoms with Gasteiger partial charge in [-0.15, -0.1) is 0 Å². The highest BCUT2D eigenvalue weighted by Crippen LogP contribution is 2.12. The molecular formula is C14H19NO4. The number of aliphatic hydroxyl groups is 2. The number of hydrogen-bond acceptors (Lipinski definition) is 4. The summed E-state index contributed by atoms with van der Waals surface area (Å²) in [6.45, 7) is 2.19. The maximum absolute atomic E-state index is 11.4. The minimum atomic E-state index is -0.928. The quantitative estimate of drug-likeness (QED) is 0.630. The fourth-order valence-corrected chi connectivity index (χ4v) is 1.36. The summed E-state index contributed by atoms with van der Waals surface area (Å²) >= 11 is 0. The van der Waals surface area contributed by atoms with E-state index in [4.69, 9.17) is 14.9 Å². The summed E-state index contributed by atoms with van der Waals surface area (Å²) in [6, 6.07) is 7.35. The summed E-state index contributed by atoms with van der Waals surface area (Å²) in [6.07, 6.45) is 2.11. The molecule has 104 valence electrons. The van der Waals surface area contributed by atoms with Crippen molar-refractivity contribution in [1.29, 1.82) is 0 Å². The van der Waals surface area contributed by atoms with E-state index in [9.17, 15) is 4.79 Å². The van der Waals surface area contributed by atoms with E-state index in [1.807, 2.05) is 31.2 Å². The molecule has 3 N–H and O–H groups in total. The van der Waals surface area contributed by atoms with E-state index in [2.05, 4.69) is 5.32 Å². The molecule has 1 rings (SSSR count). The largest absolute Gasteiger partial charge is 0.494 e. The predicted molar refractivity (Wildman–Crippen MR) is 72.7 cm³/mol. The molecule has 0 radical (unpaired) electrons. The van der Waals surface area contributed by atoms with Crippen LogP contribution < -0.4 is 10.1 Å². The number of ether oxygens (including phenoxy) is 1. The Morgan fingerprint density at radius 3 is 2.68 bits per heavy atom. The minimum absolute atomic E-state index is 0.0307. The number of rotatable bonds is 7. The molecule has 0 bridgehead atoms. The van der Waals surface area contributed by atoms with Crippen molar-refractivity contribution < 1.29 is 19.7 Å². The summed E-state index contributed by atoms with van der Waals surface area (Å²) in [5.41, 5.74) is 0.876. The number of nitrogens with one attached hydrogen (secondary N) is 1. The summed E-state index contributed by atoms with van der Waals surface area (Å²) in [7, 11) is 0. The summed E-state index contributed by atoms with van der Waals surface area (Å²) in [4.78, 5) is 11.4. The first-order chi connectivity index (χ1) is 9.15. The van der Waals surface area contributed by atoms with E-state index in [-0.39, 0.29) is 19.1 Å². The van der Waals surface area contributed by atoms with Crippen molar-refractivity contribution in [2.45, 2.75) is 13.0 Å². The van der Waals surface area contributed by atoms with Crippen molar-refractivity contribution in [3.63, 3.8) is 0 Å². The number of benzene rings is 1. The smallest absolute Gasteiger partial charge is 0.244 e. The zero-order chi connectivity index (χ0) is 14.1. The van der Waals surface area contributed by atoms with Crippen LogP contribution >= 0.6 is 0 Å². The zero-order valence-corrected chi connectivity index (χ0v) is 10.9. The van der Waals surface area contributed by atoms with Crippen LogP contribution in [0.3, 0.4) is 0 Å². The topological polar surface area (TPSA) is 78.8 Å². The van der Waals surface area contributed by atoms with E-state index >= 15 is 0 Å². The number of amides is 1.